The van der Waals surface area contributed by atoms with E-state index in [1.807, 2.05) is 0 Å². The van der Waals surface area contributed by atoms with Crippen LogP contribution >= 0.6 is 0 Å². The molecule has 1 N–H and O–H groups in total. The van der Waals surface area contributed by atoms with Crippen molar-refractivity contribution >= 4 is 6.03 Å². The van der Waals surface area contributed by atoms with Gasteiger partial charge in [0.25, 0.3) is 0 Å². The van der Waals surface area contributed by atoms with E-state index in [9.17, 15) is 9.18 Å². The molecule has 0 aromatic carbocycles. The zero-order valence-electron chi connectivity index (χ0n) is 10.5. The van der Waals surface area contributed by atoms with Crippen molar-refractivity contribution in [2.24, 2.45) is 0 Å². The third-order valence-corrected chi connectivity index (χ3v) is 2.81. The molecule has 2 rings (SSSR count). The van der Waals surface area contributed by atoms with Crippen LogP contribution in [0, 0.1) is 5.95 Å². The van der Waals surface area contributed by atoms with E-state index in [2.05, 4.69) is 16.9 Å². The van der Waals surface area contributed by atoms with Crippen molar-refractivity contribution in [1.29, 1.82) is 0 Å². The summed E-state index contributed by atoms with van der Waals surface area (Å²) in [6.07, 6.45) is 2.18. The Morgan fingerprint density at radius 2 is 2.53 bits per heavy atom. The van der Waals surface area contributed by atoms with Crippen LogP contribution < -0.4 is 10.1 Å². The van der Waals surface area contributed by atoms with Gasteiger partial charge < -0.3 is 15.0 Å². The van der Waals surface area contributed by atoms with E-state index >= 15 is 0 Å². The second kappa shape index (κ2) is 6.17. The van der Waals surface area contributed by atoms with Crippen molar-refractivity contribution < 1.29 is 13.9 Å². The zero-order chi connectivity index (χ0) is 13.7. The van der Waals surface area contributed by atoms with Crippen LogP contribution in [0.2, 0.25) is 0 Å². The van der Waals surface area contributed by atoms with Gasteiger partial charge in [-0.15, -0.1) is 6.58 Å². The Labute approximate surface area is 111 Å². The predicted octanol–water partition coefficient (Wildman–Crippen LogP) is 1.57. The number of carbonyl (C=O) groups excluding carboxylic acids is 1. The lowest BCUT2D eigenvalue weighted by molar-refractivity contribution is 0.182. The first-order valence-electron chi connectivity index (χ1n) is 6.12. The number of nitrogens with zero attached hydrogens (tertiary/aromatic N) is 2. The zero-order valence-corrected chi connectivity index (χ0v) is 10.5. The van der Waals surface area contributed by atoms with Crippen LogP contribution in [0.15, 0.2) is 30.9 Å². The van der Waals surface area contributed by atoms with Gasteiger partial charge in [0.15, 0.2) is 0 Å². The number of aromatic nitrogens is 1. The van der Waals surface area contributed by atoms with Crippen molar-refractivity contribution in [2.75, 3.05) is 19.6 Å². The molecule has 2 heterocycles. The minimum Gasteiger partial charge on any atom is -0.472 e. The number of nitrogens with one attached hydrogen (secondary N) is 1. The van der Waals surface area contributed by atoms with Crippen LogP contribution in [0.25, 0.3) is 0 Å². The van der Waals surface area contributed by atoms with Gasteiger partial charge >= 0.3 is 6.03 Å². The van der Waals surface area contributed by atoms with Gasteiger partial charge in [-0.25, -0.2) is 4.79 Å². The van der Waals surface area contributed by atoms with Gasteiger partial charge in [0.2, 0.25) is 11.8 Å². The van der Waals surface area contributed by atoms with Crippen molar-refractivity contribution in [3.63, 3.8) is 0 Å². The summed E-state index contributed by atoms with van der Waals surface area (Å²) in [6, 6.07) is 4.26. The fraction of sp³-hybridized carbons (Fsp3) is 0.385. The van der Waals surface area contributed by atoms with Crippen molar-refractivity contribution in [1.82, 2.24) is 15.2 Å². The summed E-state index contributed by atoms with van der Waals surface area (Å²) >= 11 is 0. The maximum absolute atomic E-state index is 12.9. The van der Waals surface area contributed by atoms with Crippen LogP contribution in [-0.4, -0.2) is 41.7 Å². The molecule has 1 aliphatic heterocycles. The molecule has 1 aromatic heterocycles. The van der Waals surface area contributed by atoms with Crippen molar-refractivity contribution in [3.8, 4) is 5.88 Å². The molecule has 0 bridgehead atoms. The Morgan fingerprint density at radius 3 is 3.26 bits per heavy atom. The maximum Gasteiger partial charge on any atom is 0.317 e. The summed E-state index contributed by atoms with van der Waals surface area (Å²) in [5, 5.41) is 2.71. The summed E-state index contributed by atoms with van der Waals surface area (Å²) in [5.41, 5.74) is 0. The smallest absolute Gasteiger partial charge is 0.317 e. The van der Waals surface area contributed by atoms with E-state index in [-0.39, 0.29) is 18.0 Å². The number of ether oxygens (including phenoxy) is 1. The number of hydrogen-bond donors (Lipinski definition) is 1. The molecule has 5 nitrogen and oxygen atoms in total. The Bertz CT molecular complexity index is 467. The van der Waals surface area contributed by atoms with E-state index in [0.29, 0.717) is 26.1 Å². The summed E-state index contributed by atoms with van der Waals surface area (Å²) in [5.74, 6) is -0.325. The molecular formula is C13H16FN3O2. The van der Waals surface area contributed by atoms with Crippen LogP contribution in [0.4, 0.5) is 9.18 Å². The van der Waals surface area contributed by atoms with Gasteiger partial charge in [-0.2, -0.15) is 9.37 Å². The first kappa shape index (κ1) is 13.3. The highest BCUT2D eigenvalue weighted by Gasteiger charge is 2.27. The summed E-state index contributed by atoms with van der Waals surface area (Å²) in [4.78, 5) is 17.0. The van der Waals surface area contributed by atoms with Gasteiger partial charge in [0.05, 0.1) is 6.54 Å². The predicted molar refractivity (Wildman–Crippen MR) is 68.4 cm³/mol. The number of likely N-dealkylation sites (tertiary alicyclic amines) is 1. The highest BCUT2D eigenvalue weighted by Crippen LogP contribution is 2.16. The van der Waals surface area contributed by atoms with E-state index in [0.717, 1.165) is 0 Å². The number of hydrogen-bond acceptors (Lipinski definition) is 3. The van der Waals surface area contributed by atoms with Crippen LogP contribution in [0.1, 0.15) is 6.42 Å². The van der Waals surface area contributed by atoms with E-state index in [1.165, 1.54) is 6.07 Å². The number of pyridine rings is 1. The SMILES string of the molecule is C=CCNC(=O)N1CCC(Oc2cccc(F)n2)C1. The Morgan fingerprint density at radius 1 is 1.68 bits per heavy atom. The Kier molecular flexibility index (Phi) is 4.33. The average Bonchev–Trinajstić information content (AvgIpc) is 2.84. The number of carbonyl (C=O) groups is 1. The minimum atomic E-state index is -0.573. The highest BCUT2D eigenvalue weighted by atomic mass is 19.1. The number of amides is 2. The molecule has 1 atom stereocenters. The van der Waals surface area contributed by atoms with E-state index < -0.39 is 5.95 Å². The molecule has 1 aromatic rings. The Balaban J connectivity index is 1.85. The normalized spacial score (nSPS) is 18.2. The lowest BCUT2D eigenvalue weighted by Crippen LogP contribution is -2.39. The molecule has 102 valence electrons. The molecule has 2 amide bonds. The highest BCUT2D eigenvalue weighted by molar-refractivity contribution is 5.74. The molecule has 6 heteroatoms. The van der Waals surface area contributed by atoms with E-state index in [4.69, 9.17) is 4.74 Å². The molecule has 0 saturated carbocycles. The van der Waals surface area contributed by atoms with Gasteiger partial charge in [0, 0.05) is 25.6 Å². The van der Waals surface area contributed by atoms with Crippen molar-refractivity contribution in [2.45, 2.75) is 12.5 Å². The fourth-order valence-corrected chi connectivity index (χ4v) is 1.91. The molecule has 0 spiro atoms. The van der Waals surface area contributed by atoms with E-state index in [1.54, 1.807) is 23.1 Å². The molecule has 0 radical (unpaired) electrons. The number of halogens is 1. The lowest BCUT2D eigenvalue weighted by Gasteiger charge is -2.17. The molecule has 1 aliphatic rings. The van der Waals surface area contributed by atoms with Crippen LogP contribution in [0.3, 0.4) is 0 Å². The standard InChI is InChI=1S/C13H16FN3O2/c1-2-7-15-13(18)17-8-6-10(9-17)19-12-5-3-4-11(14)16-12/h2-5,10H,1,6-9H2,(H,15,18). The summed E-state index contributed by atoms with van der Waals surface area (Å²) in [6.45, 7) is 5.06. The largest absolute Gasteiger partial charge is 0.472 e. The third-order valence-electron chi connectivity index (χ3n) is 2.81. The number of urea groups is 1. The molecule has 1 saturated heterocycles. The molecular weight excluding hydrogens is 249 g/mol. The second-order valence-corrected chi connectivity index (χ2v) is 4.25. The topological polar surface area (TPSA) is 54.5 Å². The maximum atomic E-state index is 12.9. The fourth-order valence-electron chi connectivity index (χ4n) is 1.91. The van der Waals surface area contributed by atoms with Gasteiger partial charge in [0.1, 0.15) is 6.10 Å². The van der Waals surface area contributed by atoms with Crippen LogP contribution in [-0.2, 0) is 0 Å². The van der Waals surface area contributed by atoms with Gasteiger partial charge in [-0.1, -0.05) is 12.1 Å². The molecule has 1 fully saturated rings. The van der Waals surface area contributed by atoms with Gasteiger partial charge in [-0.05, 0) is 6.07 Å². The summed E-state index contributed by atoms with van der Waals surface area (Å²) < 4.78 is 18.5. The quantitative estimate of drug-likeness (QED) is 0.664. The first-order valence-corrected chi connectivity index (χ1v) is 6.12. The second-order valence-electron chi connectivity index (χ2n) is 4.25. The minimum absolute atomic E-state index is 0.141. The summed E-state index contributed by atoms with van der Waals surface area (Å²) in [7, 11) is 0. The van der Waals surface area contributed by atoms with Gasteiger partial charge in [-0.3, -0.25) is 0 Å². The third kappa shape index (κ3) is 3.67. The molecule has 0 aliphatic carbocycles. The van der Waals surface area contributed by atoms with Crippen molar-refractivity contribution in [3.05, 3.63) is 36.8 Å². The monoisotopic (exact) mass is 265 g/mol. The number of rotatable bonds is 4. The van der Waals surface area contributed by atoms with Crippen LogP contribution in [0.5, 0.6) is 5.88 Å². The molecule has 1 unspecified atom stereocenters. The lowest BCUT2D eigenvalue weighted by atomic mass is 10.3. The average molecular weight is 265 g/mol. The first-order chi connectivity index (χ1) is 9.19. The molecule has 19 heavy (non-hydrogen) atoms. The Hall–Kier alpha value is -2.11.